The molecule has 0 aromatic carbocycles. The highest BCUT2D eigenvalue weighted by Crippen LogP contribution is 1.92. The standard InChI is InChI=1S/C7H14N2O4/c1-4(8)3-9-5(7(12)13)2-6(10)11/h4-5,9H,2-3,8H2,1H3,(H,10,11)(H,12,13). The monoisotopic (exact) mass is 190 g/mol. The van der Waals surface area contributed by atoms with Gasteiger partial charge in [-0.15, -0.1) is 0 Å². The first-order valence-electron chi connectivity index (χ1n) is 3.87. The highest BCUT2D eigenvalue weighted by molar-refractivity contribution is 5.80. The predicted octanol–water partition coefficient (Wildman–Crippen LogP) is -1.15. The third kappa shape index (κ3) is 6.06. The lowest BCUT2D eigenvalue weighted by Crippen LogP contribution is -2.43. The second kappa shape index (κ2) is 5.50. The van der Waals surface area contributed by atoms with Gasteiger partial charge in [0.1, 0.15) is 6.04 Å². The van der Waals surface area contributed by atoms with Crippen molar-refractivity contribution in [2.75, 3.05) is 6.54 Å². The van der Waals surface area contributed by atoms with E-state index in [1.807, 2.05) is 0 Å². The highest BCUT2D eigenvalue weighted by Gasteiger charge is 2.20. The van der Waals surface area contributed by atoms with E-state index >= 15 is 0 Å². The summed E-state index contributed by atoms with van der Waals surface area (Å²) in [5.41, 5.74) is 5.37. The lowest BCUT2D eigenvalue weighted by molar-refractivity contribution is -0.145. The molecule has 0 saturated heterocycles. The van der Waals surface area contributed by atoms with Crippen LogP contribution in [0.2, 0.25) is 0 Å². The predicted molar refractivity (Wildman–Crippen MR) is 45.3 cm³/mol. The van der Waals surface area contributed by atoms with Crippen molar-refractivity contribution >= 4 is 11.9 Å². The quantitative estimate of drug-likeness (QED) is 0.420. The summed E-state index contributed by atoms with van der Waals surface area (Å²) in [6, 6.07) is -1.26. The second-order valence-electron chi connectivity index (χ2n) is 2.87. The van der Waals surface area contributed by atoms with Crippen LogP contribution in [0.25, 0.3) is 0 Å². The summed E-state index contributed by atoms with van der Waals surface area (Å²) in [5.74, 6) is -2.33. The van der Waals surface area contributed by atoms with E-state index in [0.29, 0.717) is 0 Å². The van der Waals surface area contributed by atoms with Gasteiger partial charge in [0.25, 0.3) is 0 Å². The maximum atomic E-state index is 10.5. The van der Waals surface area contributed by atoms with Gasteiger partial charge in [0, 0.05) is 12.6 Å². The molecular weight excluding hydrogens is 176 g/mol. The van der Waals surface area contributed by atoms with Crippen molar-refractivity contribution < 1.29 is 19.8 Å². The Labute approximate surface area is 75.7 Å². The molecule has 0 aromatic rings. The Bertz CT molecular complexity index is 193. The van der Waals surface area contributed by atoms with Gasteiger partial charge in [0.05, 0.1) is 6.42 Å². The summed E-state index contributed by atoms with van der Waals surface area (Å²) in [6.45, 7) is 1.98. The van der Waals surface area contributed by atoms with Crippen LogP contribution < -0.4 is 11.1 Å². The SMILES string of the molecule is CC(N)CNC(CC(=O)O)C(=O)O. The maximum absolute atomic E-state index is 10.5. The molecule has 0 rings (SSSR count). The largest absolute Gasteiger partial charge is 0.481 e. The van der Waals surface area contributed by atoms with E-state index in [1.165, 1.54) is 0 Å². The van der Waals surface area contributed by atoms with Gasteiger partial charge in [-0.1, -0.05) is 0 Å². The molecule has 2 unspecified atom stereocenters. The lowest BCUT2D eigenvalue weighted by atomic mass is 10.2. The van der Waals surface area contributed by atoms with Crippen molar-refractivity contribution in [1.29, 1.82) is 0 Å². The third-order valence-corrected chi connectivity index (χ3v) is 1.36. The first kappa shape index (κ1) is 11.9. The molecule has 6 heteroatoms. The van der Waals surface area contributed by atoms with Crippen LogP contribution in [0.4, 0.5) is 0 Å². The molecule has 0 aliphatic rings. The summed E-state index contributed by atoms with van der Waals surface area (Å²) in [4.78, 5) is 20.7. The van der Waals surface area contributed by atoms with Gasteiger partial charge in [-0.25, -0.2) is 0 Å². The van der Waals surface area contributed by atoms with Gasteiger partial charge in [-0.05, 0) is 6.92 Å². The molecule has 0 saturated carbocycles. The van der Waals surface area contributed by atoms with E-state index in [1.54, 1.807) is 6.92 Å². The molecule has 0 spiro atoms. The fourth-order valence-electron chi connectivity index (χ4n) is 0.750. The van der Waals surface area contributed by atoms with Crippen LogP contribution in [0.3, 0.4) is 0 Å². The number of carbonyl (C=O) groups is 2. The minimum Gasteiger partial charge on any atom is -0.481 e. The molecule has 6 nitrogen and oxygen atoms in total. The molecule has 2 atom stereocenters. The molecule has 0 fully saturated rings. The summed E-state index contributed by atoms with van der Waals surface area (Å²) in [5, 5.41) is 19.5. The summed E-state index contributed by atoms with van der Waals surface area (Å²) in [6.07, 6.45) is -0.442. The van der Waals surface area contributed by atoms with E-state index in [9.17, 15) is 9.59 Å². The number of rotatable bonds is 6. The average Bonchev–Trinajstić information content (AvgIpc) is 1.96. The first-order chi connectivity index (χ1) is 5.93. The van der Waals surface area contributed by atoms with Gasteiger partial charge >= 0.3 is 11.9 Å². The smallest absolute Gasteiger partial charge is 0.321 e. The highest BCUT2D eigenvalue weighted by atomic mass is 16.4. The van der Waals surface area contributed by atoms with Crippen molar-refractivity contribution in [3.63, 3.8) is 0 Å². The average molecular weight is 190 g/mol. The third-order valence-electron chi connectivity index (χ3n) is 1.36. The van der Waals surface area contributed by atoms with E-state index < -0.39 is 24.4 Å². The van der Waals surface area contributed by atoms with Crippen LogP contribution in [0.15, 0.2) is 0 Å². The first-order valence-corrected chi connectivity index (χ1v) is 3.87. The number of hydrogen-bond acceptors (Lipinski definition) is 4. The minimum absolute atomic E-state index is 0.198. The molecule has 0 aromatic heterocycles. The van der Waals surface area contributed by atoms with Gasteiger partial charge in [-0.3, -0.25) is 9.59 Å². The topological polar surface area (TPSA) is 113 Å². The van der Waals surface area contributed by atoms with E-state index in [2.05, 4.69) is 5.32 Å². The fourth-order valence-corrected chi connectivity index (χ4v) is 0.750. The van der Waals surface area contributed by atoms with Crippen LogP contribution >= 0.6 is 0 Å². The lowest BCUT2D eigenvalue weighted by Gasteiger charge is -2.13. The maximum Gasteiger partial charge on any atom is 0.321 e. The zero-order valence-electron chi connectivity index (χ0n) is 7.36. The molecular formula is C7H14N2O4. The van der Waals surface area contributed by atoms with E-state index in [4.69, 9.17) is 15.9 Å². The zero-order valence-corrected chi connectivity index (χ0v) is 7.36. The van der Waals surface area contributed by atoms with Crippen molar-refractivity contribution in [3.8, 4) is 0 Å². The van der Waals surface area contributed by atoms with Gasteiger partial charge in [0.15, 0.2) is 0 Å². The van der Waals surface area contributed by atoms with Gasteiger partial charge in [0.2, 0.25) is 0 Å². The Kier molecular flexibility index (Phi) is 5.01. The van der Waals surface area contributed by atoms with Crippen LogP contribution in [-0.2, 0) is 9.59 Å². The van der Waals surface area contributed by atoms with Gasteiger partial charge in [-0.2, -0.15) is 0 Å². The zero-order chi connectivity index (χ0) is 10.4. The number of aliphatic carboxylic acids is 2. The fraction of sp³-hybridized carbons (Fsp3) is 0.714. The van der Waals surface area contributed by atoms with Crippen molar-refractivity contribution in [2.24, 2.45) is 5.73 Å². The summed E-state index contributed by atoms with van der Waals surface area (Å²) >= 11 is 0. The second-order valence-corrected chi connectivity index (χ2v) is 2.87. The number of nitrogens with one attached hydrogen (secondary N) is 1. The molecule has 0 radical (unpaired) electrons. The van der Waals surface area contributed by atoms with Crippen molar-refractivity contribution in [1.82, 2.24) is 5.32 Å². The van der Waals surface area contributed by atoms with Crippen LogP contribution in [0.1, 0.15) is 13.3 Å². The van der Waals surface area contributed by atoms with Crippen molar-refractivity contribution in [3.05, 3.63) is 0 Å². The molecule has 0 heterocycles. The molecule has 0 aliphatic heterocycles. The van der Waals surface area contributed by atoms with Crippen LogP contribution in [0, 0.1) is 0 Å². The number of carboxylic acids is 2. The van der Waals surface area contributed by atoms with Crippen LogP contribution in [0.5, 0.6) is 0 Å². The Morgan fingerprint density at radius 2 is 2.00 bits per heavy atom. The van der Waals surface area contributed by atoms with E-state index in [-0.39, 0.29) is 12.6 Å². The molecule has 0 aliphatic carbocycles. The number of hydrogen-bond donors (Lipinski definition) is 4. The molecule has 0 amide bonds. The molecule has 76 valence electrons. The Hall–Kier alpha value is -1.14. The Morgan fingerprint density at radius 3 is 2.31 bits per heavy atom. The molecule has 5 N–H and O–H groups in total. The summed E-state index contributed by atoms with van der Waals surface area (Å²) < 4.78 is 0. The Morgan fingerprint density at radius 1 is 1.46 bits per heavy atom. The Balaban J connectivity index is 3.95. The minimum atomic E-state index is -1.18. The summed E-state index contributed by atoms with van der Waals surface area (Å²) in [7, 11) is 0. The van der Waals surface area contributed by atoms with E-state index in [0.717, 1.165) is 0 Å². The molecule has 13 heavy (non-hydrogen) atoms. The van der Waals surface area contributed by atoms with Crippen molar-refractivity contribution in [2.45, 2.75) is 25.4 Å². The normalized spacial score (nSPS) is 14.9. The van der Waals surface area contributed by atoms with Gasteiger partial charge < -0.3 is 21.3 Å². The van der Waals surface area contributed by atoms with Crippen LogP contribution in [-0.4, -0.2) is 40.8 Å². The number of nitrogens with two attached hydrogens (primary N) is 1. The number of carboxylic acid groups (broad SMARTS) is 2. The molecule has 0 bridgehead atoms.